The maximum Gasteiger partial charge on any atom is 0.314 e. The van der Waals surface area contributed by atoms with E-state index in [9.17, 15) is 9.59 Å². The second-order valence-electron chi connectivity index (χ2n) is 3.18. The summed E-state index contributed by atoms with van der Waals surface area (Å²) in [7, 11) is 1.53. The molecular weight excluding hydrogens is 218 g/mol. The number of hydrogen-bond donors (Lipinski definition) is 0. The molecule has 0 atom stereocenters. The van der Waals surface area contributed by atoms with E-state index in [-0.39, 0.29) is 18.8 Å². The predicted molar refractivity (Wildman–Crippen MR) is 51.7 cm³/mol. The summed E-state index contributed by atoms with van der Waals surface area (Å²) in [5.74, 6) is -1.05. The SMILES string of the molecule is COc1ncc(C2CC(=O)OC(=O)C2)s1. The molecule has 0 amide bonds. The Bertz CT molecular complexity index is 385. The number of hydrogen-bond acceptors (Lipinski definition) is 6. The summed E-state index contributed by atoms with van der Waals surface area (Å²) in [5.41, 5.74) is 0. The molecule has 1 aromatic heterocycles. The van der Waals surface area contributed by atoms with Crippen molar-refractivity contribution in [1.82, 2.24) is 4.98 Å². The van der Waals surface area contributed by atoms with Crippen LogP contribution in [0.4, 0.5) is 0 Å². The van der Waals surface area contributed by atoms with Gasteiger partial charge < -0.3 is 9.47 Å². The Kier molecular flexibility index (Phi) is 2.68. The molecule has 2 heterocycles. The Morgan fingerprint density at radius 3 is 2.67 bits per heavy atom. The molecule has 0 saturated carbocycles. The zero-order valence-corrected chi connectivity index (χ0v) is 8.87. The monoisotopic (exact) mass is 227 g/mol. The molecule has 0 unspecified atom stereocenters. The van der Waals surface area contributed by atoms with Crippen molar-refractivity contribution in [3.8, 4) is 5.19 Å². The average Bonchev–Trinajstić information content (AvgIpc) is 2.64. The lowest BCUT2D eigenvalue weighted by atomic mass is 9.98. The number of cyclic esters (lactones) is 2. The number of nitrogens with zero attached hydrogens (tertiary/aromatic N) is 1. The number of rotatable bonds is 2. The van der Waals surface area contributed by atoms with Gasteiger partial charge >= 0.3 is 11.9 Å². The quantitative estimate of drug-likeness (QED) is 0.559. The molecule has 2 rings (SSSR count). The molecule has 0 spiro atoms. The van der Waals surface area contributed by atoms with E-state index in [1.807, 2.05) is 0 Å². The molecule has 0 radical (unpaired) electrons. The molecular formula is C9H9NO4S. The fourth-order valence-electron chi connectivity index (χ4n) is 1.44. The molecule has 1 aliphatic rings. The predicted octanol–water partition coefficient (Wildman–Crippen LogP) is 1.10. The summed E-state index contributed by atoms with van der Waals surface area (Å²) in [4.78, 5) is 27.0. The topological polar surface area (TPSA) is 65.5 Å². The van der Waals surface area contributed by atoms with Crippen LogP contribution in [0.25, 0.3) is 0 Å². The van der Waals surface area contributed by atoms with Crippen molar-refractivity contribution >= 4 is 23.3 Å². The minimum absolute atomic E-state index is 0.111. The summed E-state index contributed by atoms with van der Waals surface area (Å²) in [6.07, 6.45) is 2.11. The highest BCUT2D eigenvalue weighted by Crippen LogP contribution is 2.34. The Hall–Kier alpha value is -1.43. The first kappa shape index (κ1) is 10.1. The second-order valence-corrected chi connectivity index (χ2v) is 4.21. The Balaban J connectivity index is 2.15. The lowest BCUT2D eigenvalue weighted by Crippen LogP contribution is -2.23. The third-order valence-corrected chi connectivity index (χ3v) is 3.25. The van der Waals surface area contributed by atoms with Gasteiger partial charge in [0.2, 0.25) is 0 Å². The van der Waals surface area contributed by atoms with E-state index in [0.717, 1.165) is 4.88 Å². The van der Waals surface area contributed by atoms with Gasteiger partial charge in [0, 0.05) is 17.0 Å². The normalized spacial score (nSPS) is 17.7. The van der Waals surface area contributed by atoms with Crippen LogP contribution in [0.1, 0.15) is 23.6 Å². The number of ether oxygens (including phenoxy) is 2. The fraction of sp³-hybridized carbons (Fsp3) is 0.444. The zero-order chi connectivity index (χ0) is 10.8. The number of carbonyl (C=O) groups excluding carboxylic acids is 2. The van der Waals surface area contributed by atoms with Crippen LogP contribution in [0.3, 0.4) is 0 Å². The smallest absolute Gasteiger partial charge is 0.314 e. The van der Waals surface area contributed by atoms with Crippen molar-refractivity contribution < 1.29 is 19.1 Å². The van der Waals surface area contributed by atoms with Crippen LogP contribution in [0, 0.1) is 0 Å². The first-order valence-electron chi connectivity index (χ1n) is 4.42. The highest BCUT2D eigenvalue weighted by molar-refractivity contribution is 7.13. The summed E-state index contributed by atoms with van der Waals surface area (Å²) >= 11 is 1.35. The molecule has 5 nitrogen and oxygen atoms in total. The first-order valence-corrected chi connectivity index (χ1v) is 5.24. The highest BCUT2D eigenvalue weighted by Gasteiger charge is 2.29. The van der Waals surface area contributed by atoms with E-state index in [1.165, 1.54) is 18.4 Å². The Morgan fingerprint density at radius 2 is 2.13 bits per heavy atom. The Labute approximate surface area is 90.0 Å². The zero-order valence-electron chi connectivity index (χ0n) is 8.06. The van der Waals surface area contributed by atoms with Crippen LogP contribution in [0.15, 0.2) is 6.20 Å². The number of methoxy groups -OCH3 is 1. The van der Waals surface area contributed by atoms with Crippen molar-refractivity contribution in [1.29, 1.82) is 0 Å². The van der Waals surface area contributed by atoms with Crippen LogP contribution in [0.2, 0.25) is 0 Å². The number of esters is 2. The second kappa shape index (κ2) is 3.98. The standard InChI is InChI=1S/C9H9NO4S/c1-13-9-10-4-6(15-9)5-2-7(11)14-8(12)3-5/h4-5H,2-3H2,1H3. The lowest BCUT2D eigenvalue weighted by Gasteiger charge is -2.17. The van der Waals surface area contributed by atoms with Gasteiger partial charge in [0.15, 0.2) is 0 Å². The van der Waals surface area contributed by atoms with Gasteiger partial charge in [0.25, 0.3) is 5.19 Å². The first-order chi connectivity index (χ1) is 7.19. The summed E-state index contributed by atoms with van der Waals surface area (Å²) in [6.45, 7) is 0. The molecule has 6 heteroatoms. The third kappa shape index (κ3) is 2.15. The van der Waals surface area contributed by atoms with Crippen LogP contribution in [-0.2, 0) is 14.3 Å². The van der Waals surface area contributed by atoms with Gasteiger partial charge in [-0.1, -0.05) is 11.3 Å². The number of thiazole rings is 1. The molecule has 1 aromatic rings. The van der Waals surface area contributed by atoms with Crippen molar-refractivity contribution in [2.24, 2.45) is 0 Å². The molecule has 1 fully saturated rings. The molecule has 1 aliphatic heterocycles. The molecule has 0 N–H and O–H groups in total. The minimum Gasteiger partial charge on any atom is -0.473 e. The fourth-order valence-corrected chi connectivity index (χ4v) is 2.27. The molecule has 15 heavy (non-hydrogen) atoms. The van der Waals surface area contributed by atoms with Gasteiger partial charge in [0.05, 0.1) is 20.0 Å². The average molecular weight is 227 g/mol. The van der Waals surface area contributed by atoms with E-state index >= 15 is 0 Å². The molecule has 0 aromatic carbocycles. The highest BCUT2D eigenvalue weighted by atomic mass is 32.1. The molecule has 80 valence electrons. The molecule has 0 bridgehead atoms. The maximum atomic E-state index is 11.0. The van der Waals surface area contributed by atoms with E-state index < -0.39 is 11.9 Å². The number of aromatic nitrogens is 1. The van der Waals surface area contributed by atoms with Gasteiger partial charge in [-0.15, -0.1) is 0 Å². The number of carbonyl (C=O) groups is 2. The summed E-state index contributed by atoms with van der Waals surface area (Å²) in [6, 6.07) is 0. The largest absolute Gasteiger partial charge is 0.473 e. The van der Waals surface area contributed by atoms with Crippen LogP contribution < -0.4 is 4.74 Å². The summed E-state index contributed by atoms with van der Waals surface area (Å²) < 4.78 is 9.39. The van der Waals surface area contributed by atoms with Crippen LogP contribution in [-0.4, -0.2) is 24.0 Å². The van der Waals surface area contributed by atoms with Crippen molar-refractivity contribution in [2.45, 2.75) is 18.8 Å². The molecule has 0 aliphatic carbocycles. The van der Waals surface area contributed by atoms with Gasteiger partial charge in [-0.05, 0) is 0 Å². The van der Waals surface area contributed by atoms with Gasteiger partial charge in [0.1, 0.15) is 0 Å². The van der Waals surface area contributed by atoms with E-state index in [2.05, 4.69) is 9.72 Å². The van der Waals surface area contributed by atoms with Crippen LogP contribution >= 0.6 is 11.3 Å². The Morgan fingerprint density at radius 1 is 1.47 bits per heavy atom. The van der Waals surface area contributed by atoms with Gasteiger partial charge in [-0.25, -0.2) is 4.98 Å². The van der Waals surface area contributed by atoms with E-state index in [0.29, 0.717) is 5.19 Å². The van der Waals surface area contributed by atoms with E-state index in [1.54, 1.807) is 6.20 Å². The van der Waals surface area contributed by atoms with Gasteiger partial charge in [-0.2, -0.15) is 0 Å². The third-order valence-electron chi connectivity index (χ3n) is 2.13. The summed E-state index contributed by atoms with van der Waals surface area (Å²) in [5, 5.41) is 0.538. The van der Waals surface area contributed by atoms with E-state index in [4.69, 9.17) is 4.74 Å². The van der Waals surface area contributed by atoms with Crippen molar-refractivity contribution in [3.63, 3.8) is 0 Å². The van der Waals surface area contributed by atoms with Gasteiger partial charge in [-0.3, -0.25) is 9.59 Å². The molecule has 1 saturated heterocycles. The van der Waals surface area contributed by atoms with Crippen LogP contribution in [0.5, 0.6) is 5.19 Å². The minimum atomic E-state index is -0.469. The van der Waals surface area contributed by atoms with Crippen molar-refractivity contribution in [3.05, 3.63) is 11.1 Å². The maximum absolute atomic E-state index is 11.0. The lowest BCUT2D eigenvalue weighted by molar-refractivity contribution is -0.163. The van der Waals surface area contributed by atoms with Crippen molar-refractivity contribution in [2.75, 3.05) is 7.11 Å².